The van der Waals surface area contributed by atoms with E-state index in [1.54, 1.807) is 29.0 Å². The summed E-state index contributed by atoms with van der Waals surface area (Å²) in [5, 5.41) is 7.23. The Labute approximate surface area is 155 Å². The van der Waals surface area contributed by atoms with E-state index in [1.807, 2.05) is 6.07 Å². The van der Waals surface area contributed by atoms with Gasteiger partial charge in [-0.1, -0.05) is 0 Å². The molecule has 1 saturated heterocycles. The molecule has 1 N–H and O–H groups in total. The Balaban J connectivity index is 1.45. The van der Waals surface area contributed by atoms with Crippen molar-refractivity contribution in [3.63, 3.8) is 0 Å². The van der Waals surface area contributed by atoms with Gasteiger partial charge in [-0.3, -0.25) is 14.7 Å². The van der Waals surface area contributed by atoms with Gasteiger partial charge >= 0.3 is 0 Å². The number of H-pyrrole nitrogens is 1. The van der Waals surface area contributed by atoms with Crippen LogP contribution < -0.4 is 0 Å². The van der Waals surface area contributed by atoms with Crippen molar-refractivity contribution in [3.05, 3.63) is 41.8 Å². The molecule has 138 valence electrons. The number of rotatable bonds is 7. The van der Waals surface area contributed by atoms with E-state index in [2.05, 4.69) is 10.2 Å². The predicted molar refractivity (Wildman–Crippen MR) is 99.0 cm³/mol. The first-order valence-electron chi connectivity index (χ1n) is 8.42. The number of hydrogen-bond acceptors (Lipinski definition) is 4. The number of likely N-dealkylation sites (N-methyl/N-ethyl adjacent to an activating group) is 1. The van der Waals surface area contributed by atoms with Crippen LogP contribution in [0.1, 0.15) is 12.1 Å². The van der Waals surface area contributed by atoms with Crippen LogP contribution in [-0.4, -0.2) is 63.6 Å². The van der Waals surface area contributed by atoms with Crippen molar-refractivity contribution in [2.75, 3.05) is 31.8 Å². The van der Waals surface area contributed by atoms with Gasteiger partial charge in [0.05, 0.1) is 17.3 Å². The molecule has 1 aliphatic heterocycles. The van der Waals surface area contributed by atoms with Crippen LogP contribution in [0.2, 0.25) is 0 Å². The third-order valence-electron chi connectivity index (χ3n) is 4.29. The lowest BCUT2D eigenvalue weighted by Gasteiger charge is -2.21. The predicted octanol–water partition coefficient (Wildman–Crippen LogP) is 2.14. The van der Waals surface area contributed by atoms with Crippen LogP contribution in [0, 0.1) is 5.82 Å². The zero-order chi connectivity index (χ0) is 18.5. The summed E-state index contributed by atoms with van der Waals surface area (Å²) in [4.78, 5) is 27.0. The SMILES string of the molecule is CN(CCCc1cc(-c2ccc(F)cc2)n[nH]1)C(=O)CN1CSCC1=O. The van der Waals surface area contributed by atoms with Gasteiger partial charge in [-0.2, -0.15) is 5.10 Å². The molecule has 0 atom stereocenters. The second-order valence-electron chi connectivity index (χ2n) is 6.27. The molecule has 26 heavy (non-hydrogen) atoms. The second-order valence-corrected chi connectivity index (χ2v) is 7.23. The van der Waals surface area contributed by atoms with Crippen molar-refractivity contribution in [1.82, 2.24) is 20.0 Å². The van der Waals surface area contributed by atoms with Crippen molar-refractivity contribution in [3.8, 4) is 11.3 Å². The molecule has 0 saturated carbocycles. The first-order chi connectivity index (χ1) is 12.5. The van der Waals surface area contributed by atoms with Crippen molar-refractivity contribution in [2.45, 2.75) is 12.8 Å². The van der Waals surface area contributed by atoms with Crippen LogP contribution >= 0.6 is 11.8 Å². The Hall–Kier alpha value is -2.35. The summed E-state index contributed by atoms with van der Waals surface area (Å²) in [7, 11) is 1.76. The molecule has 6 nitrogen and oxygen atoms in total. The van der Waals surface area contributed by atoms with Gasteiger partial charge in [-0.05, 0) is 43.2 Å². The Morgan fingerprint density at radius 3 is 2.85 bits per heavy atom. The molecule has 1 fully saturated rings. The largest absolute Gasteiger partial charge is 0.344 e. The maximum absolute atomic E-state index is 13.0. The Morgan fingerprint density at radius 1 is 1.38 bits per heavy atom. The number of aryl methyl sites for hydroxylation is 1. The van der Waals surface area contributed by atoms with Gasteiger partial charge in [0.1, 0.15) is 12.4 Å². The highest BCUT2D eigenvalue weighted by atomic mass is 32.2. The maximum Gasteiger partial charge on any atom is 0.241 e. The van der Waals surface area contributed by atoms with Crippen molar-refractivity contribution in [1.29, 1.82) is 0 Å². The van der Waals surface area contributed by atoms with Crippen molar-refractivity contribution >= 4 is 23.6 Å². The van der Waals surface area contributed by atoms with E-state index in [0.29, 0.717) is 18.2 Å². The highest BCUT2D eigenvalue weighted by molar-refractivity contribution is 8.00. The van der Waals surface area contributed by atoms with E-state index in [9.17, 15) is 14.0 Å². The van der Waals surface area contributed by atoms with Gasteiger partial charge in [0.25, 0.3) is 0 Å². The molecule has 1 aliphatic rings. The quantitative estimate of drug-likeness (QED) is 0.804. The molecular formula is C18H21FN4O2S. The highest BCUT2D eigenvalue weighted by Gasteiger charge is 2.24. The molecule has 0 unspecified atom stereocenters. The lowest BCUT2D eigenvalue weighted by atomic mass is 10.1. The maximum atomic E-state index is 13.0. The van der Waals surface area contributed by atoms with Gasteiger partial charge in [-0.25, -0.2) is 4.39 Å². The van der Waals surface area contributed by atoms with E-state index >= 15 is 0 Å². The van der Waals surface area contributed by atoms with E-state index in [0.717, 1.165) is 29.8 Å². The number of nitrogens with zero attached hydrogens (tertiary/aromatic N) is 3. The standard InChI is InChI=1S/C18H21FN4O2S/c1-22(17(24)10-23-12-26-11-18(23)25)8-2-3-15-9-16(21-20-15)13-4-6-14(19)7-5-13/h4-7,9H,2-3,8,10-12H2,1H3,(H,20,21). The number of amides is 2. The lowest BCUT2D eigenvalue weighted by Crippen LogP contribution is -2.39. The van der Waals surface area contributed by atoms with Gasteiger partial charge in [0.2, 0.25) is 11.8 Å². The van der Waals surface area contributed by atoms with Gasteiger partial charge in [0.15, 0.2) is 0 Å². The fourth-order valence-electron chi connectivity index (χ4n) is 2.71. The lowest BCUT2D eigenvalue weighted by molar-refractivity contribution is -0.137. The average molecular weight is 376 g/mol. The summed E-state index contributed by atoms with van der Waals surface area (Å²) < 4.78 is 13.0. The van der Waals surface area contributed by atoms with Crippen LogP contribution in [0.4, 0.5) is 4.39 Å². The number of nitrogens with one attached hydrogen (secondary N) is 1. The minimum atomic E-state index is -0.272. The van der Waals surface area contributed by atoms with E-state index in [4.69, 9.17) is 0 Å². The minimum Gasteiger partial charge on any atom is -0.344 e. The Bertz CT molecular complexity index is 778. The molecule has 0 aliphatic carbocycles. The topological polar surface area (TPSA) is 69.3 Å². The van der Waals surface area contributed by atoms with Gasteiger partial charge in [-0.15, -0.1) is 11.8 Å². The number of aromatic amines is 1. The highest BCUT2D eigenvalue weighted by Crippen LogP contribution is 2.18. The summed E-state index contributed by atoms with van der Waals surface area (Å²) in [5.74, 6) is 0.776. The summed E-state index contributed by atoms with van der Waals surface area (Å²) in [5.41, 5.74) is 2.60. The van der Waals surface area contributed by atoms with Crippen LogP contribution in [0.3, 0.4) is 0 Å². The zero-order valence-electron chi connectivity index (χ0n) is 14.6. The fraction of sp³-hybridized carbons (Fsp3) is 0.389. The van der Waals surface area contributed by atoms with E-state index < -0.39 is 0 Å². The third kappa shape index (κ3) is 4.63. The van der Waals surface area contributed by atoms with Gasteiger partial charge < -0.3 is 9.80 Å². The molecule has 8 heteroatoms. The molecule has 2 aromatic rings. The molecule has 0 spiro atoms. The number of benzene rings is 1. The molecular weight excluding hydrogens is 355 g/mol. The molecule has 1 aromatic heterocycles. The van der Waals surface area contributed by atoms with Crippen LogP contribution in [0.5, 0.6) is 0 Å². The zero-order valence-corrected chi connectivity index (χ0v) is 15.4. The number of hydrogen-bond donors (Lipinski definition) is 1. The second kappa shape index (κ2) is 8.35. The first kappa shape index (κ1) is 18.4. The van der Waals surface area contributed by atoms with E-state index in [1.165, 1.54) is 23.9 Å². The third-order valence-corrected chi connectivity index (χ3v) is 5.23. The Morgan fingerprint density at radius 2 is 2.15 bits per heavy atom. The van der Waals surface area contributed by atoms with Crippen molar-refractivity contribution in [2.24, 2.45) is 0 Å². The van der Waals surface area contributed by atoms with Crippen LogP contribution in [-0.2, 0) is 16.0 Å². The molecule has 1 aromatic carbocycles. The van der Waals surface area contributed by atoms with Crippen LogP contribution in [0.15, 0.2) is 30.3 Å². The minimum absolute atomic E-state index is 0.0301. The monoisotopic (exact) mass is 376 g/mol. The average Bonchev–Trinajstić information content (AvgIpc) is 3.25. The molecule has 3 rings (SSSR count). The van der Waals surface area contributed by atoms with Crippen LogP contribution in [0.25, 0.3) is 11.3 Å². The fourth-order valence-corrected chi connectivity index (χ4v) is 3.62. The number of halogens is 1. The first-order valence-corrected chi connectivity index (χ1v) is 9.58. The molecule has 2 amide bonds. The summed E-state index contributed by atoms with van der Waals surface area (Å²) >= 11 is 1.53. The Kier molecular flexibility index (Phi) is 5.92. The summed E-state index contributed by atoms with van der Waals surface area (Å²) in [6, 6.07) is 8.15. The number of aromatic nitrogens is 2. The molecule has 2 heterocycles. The smallest absolute Gasteiger partial charge is 0.241 e. The molecule has 0 radical (unpaired) electrons. The van der Waals surface area contributed by atoms with Gasteiger partial charge in [0, 0.05) is 24.8 Å². The number of carbonyl (C=O) groups is 2. The molecule has 0 bridgehead atoms. The van der Waals surface area contributed by atoms with E-state index in [-0.39, 0.29) is 24.2 Å². The number of carbonyl (C=O) groups excluding carboxylic acids is 2. The van der Waals surface area contributed by atoms with Crippen molar-refractivity contribution < 1.29 is 14.0 Å². The normalized spacial score (nSPS) is 14.1. The summed E-state index contributed by atoms with van der Waals surface area (Å²) in [6.45, 7) is 0.764. The number of thioether (sulfide) groups is 1. The summed E-state index contributed by atoms with van der Waals surface area (Å²) in [6.07, 6.45) is 1.54.